The molecule has 5 nitrogen and oxygen atoms in total. The minimum atomic E-state index is -0.377. The fraction of sp³-hybridized carbons (Fsp3) is 0.125. The van der Waals surface area contributed by atoms with Gasteiger partial charge >= 0.3 is 0 Å². The van der Waals surface area contributed by atoms with Gasteiger partial charge in [-0.15, -0.1) is 0 Å². The van der Waals surface area contributed by atoms with Gasteiger partial charge in [0.25, 0.3) is 5.91 Å². The molecule has 0 bridgehead atoms. The second kappa shape index (κ2) is 7.47. The number of carbonyl (C=O) groups excluding carboxylic acids is 1. The number of amides is 1. The van der Waals surface area contributed by atoms with Crippen LogP contribution >= 0.6 is 11.6 Å². The summed E-state index contributed by atoms with van der Waals surface area (Å²) in [7, 11) is 3.03. The minimum absolute atomic E-state index is 0.367. The van der Waals surface area contributed by atoms with Gasteiger partial charge in [0.1, 0.15) is 11.5 Å². The van der Waals surface area contributed by atoms with Gasteiger partial charge in [-0.25, -0.2) is 5.43 Å². The molecule has 0 aliphatic rings. The van der Waals surface area contributed by atoms with Crippen LogP contribution in [0.25, 0.3) is 0 Å². The monoisotopic (exact) mass is 318 g/mol. The molecule has 0 radical (unpaired) electrons. The van der Waals surface area contributed by atoms with E-state index in [-0.39, 0.29) is 5.91 Å². The van der Waals surface area contributed by atoms with Crippen molar-refractivity contribution in [3.63, 3.8) is 0 Å². The number of carbonyl (C=O) groups is 1. The highest BCUT2D eigenvalue weighted by Crippen LogP contribution is 2.24. The fourth-order valence-electron chi connectivity index (χ4n) is 1.80. The van der Waals surface area contributed by atoms with E-state index < -0.39 is 0 Å². The topological polar surface area (TPSA) is 59.9 Å². The van der Waals surface area contributed by atoms with Crippen LogP contribution in [0.5, 0.6) is 11.5 Å². The Labute approximate surface area is 133 Å². The van der Waals surface area contributed by atoms with E-state index in [4.69, 9.17) is 21.1 Å². The summed E-state index contributed by atoms with van der Waals surface area (Å²) in [4.78, 5) is 12.1. The minimum Gasteiger partial charge on any atom is -0.497 e. The molecule has 2 aromatic rings. The number of methoxy groups -OCH3 is 2. The van der Waals surface area contributed by atoms with Gasteiger partial charge in [-0.2, -0.15) is 5.10 Å². The lowest BCUT2D eigenvalue weighted by Crippen LogP contribution is -2.18. The van der Waals surface area contributed by atoms with E-state index in [9.17, 15) is 4.79 Å². The first-order valence-corrected chi connectivity index (χ1v) is 6.83. The molecule has 0 saturated heterocycles. The molecule has 0 aromatic heterocycles. The van der Waals surface area contributed by atoms with Crippen LogP contribution in [-0.2, 0) is 0 Å². The molecule has 0 fully saturated rings. The van der Waals surface area contributed by atoms with E-state index in [2.05, 4.69) is 10.5 Å². The third-order valence-corrected chi connectivity index (χ3v) is 3.12. The number of halogens is 1. The predicted octanol–water partition coefficient (Wildman–Crippen LogP) is 3.12. The van der Waals surface area contributed by atoms with E-state index in [0.717, 1.165) is 5.56 Å². The molecule has 0 spiro atoms. The van der Waals surface area contributed by atoms with E-state index in [1.807, 2.05) is 6.07 Å². The number of benzene rings is 2. The highest BCUT2D eigenvalue weighted by Gasteiger charge is 2.12. The summed E-state index contributed by atoms with van der Waals surface area (Å²) in [5, 5.41) is 4.51. The second-order valence-electron chi connectivity index (χ2n) is 4.32. The van der Waals surface area contributed by atoms with Crippen molar-refractivity contribution in [2.24, 2.45) is 5.10 Å². The Morgan fingerprint density at radius 2 is 2.00 bits per heavy atom. The number of ether oxygens (including phenoxy) is 2. The summed E-state index contributed by atoms with van der Waals surface area (Å²) in [5.41, 5.74) is 3.60. The molecule has 0 unspecified atom stereocenters. The van der Waals surface area contributed by atoms with Crippen molar-refractivity contribution in [3.8, 4) is 11.5 Å². The summed E-state index contributed by atoms with van der Waals surface area (Å²) in [6, 6.07) is 12.1. The van der Waals surface area contributed by atoms with Crippen LogP contribution in [0.1, 0.15) is 15.9 Å². The van der Waals surface area contributed by atoms with Crippen LogP contribution in [0, 0.1) is 0 Å². The maximum atomic E-state index is 12.1. The van der Waals surface area contributed by atoms with Gasteiger partial charge in [-0.05, 0) is 29.8 Å². The Bertz CT molecular complexity index is 702. The van der Waals surface area contributed by atoms with Crippen molar-refractivity contribution >= 4 is 23.7 Å². The molecule has 0 aliphatic carbocycles. The summed E-state index contributed by atoms with van der Waals surface area (Å²) >= 11 is 5.87. The molecule has 2 aromatic carbocycles. The molecule has 1 N–H and O–H groups in total. The zero-order valence-corrected chi connectivity index (χ0v) is 12.9. The Morgan fingerprint density at radius 3 is 2.68 bits per heavy atom. The van der Waals surface area contributed by atoms with E-state index in [0.29, 0.717) is 22.1 Å². The van der Waals surface area contributed by atoms with Gasteiger partial charge in [0.15, 0.2) is 0 Å². The molecule has 22 heavy (non-hydrogen) atoms. The molecule has 1 amide bonds. The summed E-state index contributed by atoms with van der Waals surface area (Å²) in [5.74, 6) is 0.642. The molecular formula is C16H15ClN2O3. The van der Waals surface area contributed by atoms with Gasteiger partial charge in [0.05, 0.1) is 26.0 Å². The number of nitrogens with zero attached hydrogens (tertiary/aromatic N) is 1. The largest absolute Gasteiger partial charge is 0.497 e. The number of hydrogen-bond donors (Lipinski definition) is 1. The number of rotatable bonds is 5. The van der Waals surface area contributed by atoms with Crippen molar-refractivity contribution in [2.45, 2.75) is 0 Å². The number of hydrogen-bond acceptors (Lipinski definition) is 4. The fourth-order valence-corrected chi connectivity index (χ4v) is 2.00. The molecule has 6 heteroatoms. The van der Waals surface area contributed by atoms with Crippen molar-refractivity contribution < 1.29 is 14.3 Å². The van der Waals surface area contributed by atoms with Crippen LogP contribution in [0.15, 0.2) is 47.6 Å². The lowest BCUT2D eigenvalue weighted by atomic mass is 10.2. The number of hydrazone groups is 1. The molecule has 2 rings (SSSR count). The molecule has 114 valence electrons. The third kappa shape index (κ3) is 3.99. The van der Waals surface area contributed by atoms with Crippen molar-refractivity contribution in [1.29, 1.82) is 0 Å². The smallest absolute Gasteiger partial charge is 0.275 e. The van der Waals surface area contributed by atoms with E-state index in [1.54, 1.807) is 43.5 Å². The lowest BCUT2D eigenvalue weighted by Gasteiger charge is -2.08. The van der Waals surface area contributed by atoms with Crippen LogP contribution in [0.4, 0.5) is 0 Å². The SMILES string of the molecule is COc1ccc(C(=O)N/N=C\c2cccc(Cl)c2)c(OC)c1. The van der Waals surface area contributed by atoms with Crippen LogP contribution < -0.4 is 14.9 Å². The maximum absolute atomic E-state index is 12.1. The first-order chi connectivity index (χ1) is 10.6. The summed E-state index contributed by atoms with van der Waals surface area (Å²) < 4.78 is 10.3. The molecule has 0 heterocycles. The van der Waals surface area contributed by atoms with Crippen LogP contribution in [0.3, 0.4) is 0 Å². The average molecular weight is 319 g/mol. The van der Waals surface area contributed by atoms with Gasteiger partial charge in [0.2, 0.25) is 0 Å². The summed E-state index contributed by atoms with van der Waals surface area (Å²) in [6.45, 7) is 0. The lowest BCUT2D eigenvalue weighted by molar-refractivity contribution is 0.0952. The van der Waals surface area contributed by atoms with E-state index in [1.165, 1.54) is 13.3 Å². The van der Waals surface area contributed by atoms with Gasteiger partial charge in [-0.3, -0.25) is 4.79 Å². The molecule has 0 atom stereocenters. The molecule has 0 saturated carbocycles. The predicted molar refractivity (Wildman–Crippen MR) is 86.1 cm³/mol. The highest BCUT2D eigenvalue weighted by molar-refractivity contribution is 6.30. The Hall–Kier alpha value is -2.53. The van der Waals surface area contributed by atoms with Crippen LogP contribution in [0.2, 0.25) is 5.02 Å². The summed E-state index contributed by atoms with van der Waals surface area (Å²) in [6.07, 6.45) is 1.51. The first kappa shape index (κ1) is 15.9. The molecular weight excluding hydrogens is 304 g/mol. The Morgan fingerprint density at radius 1 is 1.18 bits per heavy atom. The highest BCUT2D eigenvalue weighted by atomic mass is 35.5. The van der Waals surface area contributed by atoms with Crippen molar-refractivity contribution in [3.05, 3.63) is 58.6 Å². The van der Waals surface area contributed by atoms with Crippen molar-refractivity contribution in [2.75, 3.05) is 14.2 Å². The standard InChI is InChI=1S/C16H15ClN2O3/c1-21-13-6-7-14(15(9-13)22-2)16(20)19-18-10-11-4-3-5-12(17)8-11/h3-10H,1-2H3,(H,19,20)/b18-10-. The van der Waals surface area contributed by atoms with E-state index >= 15 is 0 Å². The second-order valence-corrected chi connectivity index (χ2v) is 4.76. The Kier molecular flexibility index (Phi) is 5.38. The zero-order chi connectivity index (χ0) is 15.9. The van der Waals surface area contributed by atoms with Crippen molar-refractivity contribution in [1.82, 2.24) is 5.43 Å². The van der Waals surface area contributed by atoms with Gasteiger partial charge in [-0.1, -0.05) is 23.7 Å². The zero-order valence-electron chi connectivity index (χ0n) is 12.2. The van der Waals surface area contributed by atoms with Gasteiger partial charge < -0.3 is 9.47 Å². The average Bonchev–Trinajstić information content (AvgIpc) is 2.54. The normalized spacial score (nSPS) is 10.5. The Balaban J connectivity index is 2.09. The number of nitrogens with one attached hydrogen (secondary N) is 1. The maximum Gasteiger partial charge on any atom is 0.275 e. The quantitative estimate of drug-likeness (QED) is 0.680. The molecule has 0 aliphatic heterocycles. The third-order valence-electron chi connectivity index (χ3n) is 2.88. The first-order valence-electron chi connectivity index (χ1n) is 6.45. The van der Waals surface area contributed by atoms with Crippen LogP contribution in [-0.4, -0.2) is 26.3 Å². The van der Waals surface area contributed by atoms with Gasteiger partial charge in [0, 0.05) is 11.1 Å².